The summed E-state index contributed by atoms with van der Waals surface area (Å²) < 4.78 is 10.5. The van der Waals surface area contributed by atoms with Crippen molar-refractivity contribution in [2.45, 2.75) is 0 Å². The first-order valence-electron chi connectivity index (χ1n) is 6.31. The van der Waals surface area contributed by atoms with E-state index in [0.29, 0.717) is 28.8 Å². The summed E-state index contributed by atoms with van der Waals surface area (Å²) in [5.41, 5.74) is 1.54. The third kappa shape index (κ3) is 3.20. The van der Waals surface area contributed by atoms with Crippen molar-refractivity contribution < 1.29 is 19.1 Å². The molecule has 2 rings (SSSR count). The van der Waals surface area contributed by atoms with Gasteiger partial charge in [0.2, 0.25) is 0 Å². The molecule has 21 heavy (non-hydrogen) atoms. The van der Waals surface area contributed by atoms with Crippen molar-refractivity contribution in [3.05, 3.63) is 53.6 Å². The lowest BCUT2D eigenvalue weighted by molar-refractivity contribution is 0.0730. The smallest absolute Gasteiger partial charge is 0.345 e. The standard InChI is InChI=1S/C16H15NO4/c1-17-13-6-4-3-5-12(13)16(19)21-14-8-7-11(10-18)9-15(14)20-2/h3-10,17H,1-2H3. The van der Waals surface area contributed by atoms with Crippen LogP contribution < -0.4 is 14.8 Å². The lowest BCUT2D eigenvalue weighted by atomic mass is 10.2. The van der Waals surface area contributed by atoms with Crippen LogP contribution in [-0.4, -0.2) is 26.4 Å². The Hall–Kier alpha value is -2.82. The molecule has 0 heterocycles. The average Bonchev–Trinajstić information content (AvgIpc) is 2.55. The molecule has 5 nitrogen and oxygen atoms in total. The van der Waals surface area contributed by atoms with Crippen LogP contribution in [0.4, 0.5) is 5.69 Å². The van der Waals surface area contributed by atoms with Gasteiger partial charge in [0.25, 0.3) is 0 Å². The van der Waals surface area contributed by atoms with Gasteiger partial charge >= 0.3 is 5.97 Å². The molecule has 2 aromatic carbocycles. The van der Waals surface area contributed by atoms with Gasteiger partial charge in [-0.25, -0.2) is 4.79 Å². The summed E-state index contributed by atoms with van der Waals surface area (Å²) in [6.45, 7) is 0. The fraction of sp³-hybridized carbons (Fsp3) is 0.125. The molecule has 0 saturated heterocycles. The summed E-state index contributed by atoms with van der Waals surface area (Å²) in [4.78, 5) is 23.0. The number of benzene rings is 2. The number of carbonyl (C=O) groups is 2. The van der Waals surface area contributed by atoms with Crippen LogP contribution in [0.15, 0.2) is 42.5 Å². The van der Waals surface area contributed by atoms with E-state index in [1.165, 1.54) is 19.2 Å². The fourth-order valence-electron chi connectivity index (χ4n) is 1.88. The molecule has 0 amide bonds. The normalized spacial score (nSPS) is 9.81. The van der Waals surface area contributed by atoms with Crippen LogP contribution in [0.25, 0.3) is 0 Å². The minimum Gasteiger partial charge on any atom is -0.493 e. The van der Waals surface area contributed by atoms with Gasteiger partial charge in [0, 0.05) is 18.3 Å². The van der Waals surface area contributed by atoms with Crippen LogP contribution in [0.2, 0.25) is 0 Å². The molecule has 0 bridgehead atoms. The van der Waals surface area contributed by atoms with Gasteiger partial charge in [-0.3, -0.25) is 4.79 Å². The second-order valence-corrected chi connectivity index (χ2v) is 4.21. The fourth-order valence-corrected chi connectivity index (χ4v) is 1.88. The number of para-hydroxylation sites is 1. The SMILES string of the molecule is CNc1ccccc1C(=O)Oc1ccc(C=O)cc1OC. The number of rotatable bonds is 5. The Labute approximate surface area is 122 Å². The molecule has 0 aliphatic heterocycles. The van der Waals surface area contributed by atoms with Crippen molar-refractivity contribution in [1.29, 1.82) is 0 Å². The molecule has 108 valence electrons. The maximum atomic E-state index is 12.2. The molecular formula is C16H15NO4. The Morgan fingerprint density at radius 3 is 2.57 bits per heavy atom. The van der Waals surface area contributed by atoms with E-state index >= 15 is 0 Å². The average molecular weight is 285 g/mol. The third-order valence-corrected chi connectivity index (χ3v) is 2.94. The minimum absolute atomic E-state index is 0.263. The monoisotopic (exact) mass is 285 g/mol. The quantitative estimate of drug-likeness (QED) is 0.520. The summed E-state index contributed by atoms with van der Waals surface area (Å²) in [6.07, 6.45) is 0.699. The molecule has 0 atom stereocenters. The molecule has 2 aromatic rings. The number of ether oxygens (including phenoxy) is 2. The number of carbonyl (C=O) groups excluding carboxylic acids is 2. The summed E-state index contributed by atoms with van der Waals surface area (Å²) in [5.74, 6) is 0.0889. The highest BCUT2D eigenvalue weighted by molar-refractivity contribution is 5.97. The first-order chi connectivity index (χ1) is 10.2. The topological polar surface area (TPSA) is 64.6 Å². The van der Waals surface area contributed by atoms with E-state index in [9.17, 15) is 9.59 Å². The van der Waals surface area contributed by atoms with Crippen molar-refractivity contribution in [2.75, 3.05) is 19.5 Å². The van der Waals surface area contributed by atoms with Gasteiger partial charge in [-0.2, -0.15) is 0 Å². The zero-order valence-corrected chi connectivity index (χ0v) is 11.8. The maximum absolute atomic E-state index is 12.2. The number of esters is 1. The summed E-state index contributed by atoms with van der Waals surface area (Å²) in [7, 11) is 3.17. The highest BCUT2D eigenvalue weighted by Gasteiger charge is 2.15. The predicted molar refractivity (Wildman–Crippen MR) is 79.3 cm³/mol. The highest BCUT2D eigenvalue weighted by Crippen LogP contribution is 2.29. The van der Waals surface area contributed by atoms with Gasteiger partial charge in [0.05, 0.1) is 12.7 Å². The Kier molecular flexibility index (Phi) is 4.56. The second kappa shape index (κ2) is 6.56. The molecule has 0 saturated carbocycles. The zero-order chi connectivity index (χ0) is 15.2. The number of hydrogen-bond donors (Lipinski definition) is 1. The number of anilines is 1. The van der Waals surface area contributed by atoms with Gasteiger partial charge in [-0.05, 0) is 30.3 Å². The van der Waals surface area contributed by atoms with Crippen LogP contribution in [0.5, 0.6) is 11.5 Å². The molecule has 0 fully saturated rings. The Morgan fingerprint density at radius 1 is 1.14 bits per heavy atom. The molecule has 0 radical (unpaired) electrons. The minimum atomic E-state index is -0.503. The van der Waals surface area contributed by atoms with E-state index in [4.69, 9.17) is 9.47 Å². The first-order valence-corrected chi connectivity index (χ1v) is 6.31. The van der Waals surface area contributed by atoms with Crippen LogP contribution >= 0.6 is 0 Å². The molecule has 0 spiro atoms. The largest absolute Gasteiger partial charge is 0.493 e. The Balaban J connectivity index is 2.29. The van der Waals surface area contributed by atoms with Gasteiger partial charge in [0.15, 0.2) is 11.5 Å². The summed E-state index contributed by atoms with van der Waals surface area (Å²) in [6, 6.07) is 11.6. The van der Waals surface area contributed by atoms with Crippen LogP contribution in [0.3, 0.4) is 0 Å². The summed E-state index contributed by atoms with van der Waals surface area (Å²) in [5, 5.41) is 2.93. The van der Waals surface area contributed by atoms with E-state index in [2.05, 4.69) is 5.32 Å². The van der Waals surface area contributed by atoms with Gasteiger partial charge < -0.3 is 14.8 Å². The molecule has 1 N–H and O–H groups in total. The van der Waals surface area contributed by atoms with Crippen molar-refractivity contribution in [3.8, 4) is 11.5 Å². The van der Waals surface area contributed by atoms with Crippen LogP contribution in [-0.2, 0) is 0 Å². The summed E-state index contributed by atoms with van der Waals surface area (Å²) >= 11 is 0. The lowest BCUT2D eigenvalue weighted by Gasteiger charge is -2.11. The first kappa shape index (κ1) is 14.6. The Bertz CT molecular complexity index is 667. The second-order valence-electron chi connectivity index (χ2n) is 4.21. The molecule has 0 aromatic heterocycles. The third-order valence-electron chi connectivity index (χ3n) is 2.94. The van der Waals surface area contributed by atoms with E-state index < -0.39 is 5.97 Å². The number of nitrogens with one attached hydrogen (secondary N) is 1. The van der Waals surface area contributed by atoms with E-state index in [1.807, 2.05) is 6.07 Å². The van der Waals surface area contributed by atoms with Crippen LogP contribution in [0.1, 0.15) is 20.7 Å². The van der Waals surface area contributed by atoms with Gasteiger partial charge in [-0.1, -0.05) is 12.1 Å². The molecule has 0 unspecified atom stereocenters. The van der Waals surface area contributed by atoms with Crippen LogP contribution in [0, 0.1) is 0 Å². The van der Waals surface area contributed by atoms with E-state index in [1.54, 1.807) is 31.3 Å². The molecular weight excluding hydrogens is 270 g/mol. The van der Waals surface area contributed by atoms with E-state index in [-0.39, 0.29) is 5.75 Å². The molecule has 0 aliphatic rings. The van der Waals surface area contributed by atoms with Crippen molar-refractivity contribution >= 4 is 17.9 Å². The Morgan fingerprint density at radius 2 is 1.90 bits per heavy atom. The van der Waals surface area contributed by atoms with Gasteiger partial charge in [-0.15, -0.1) is 0 Å². The van der Waals surface area contributed by atoms with E-state index in [0.717, 1.165) is 0 Å². The van der Waals surface area contributed by atoms with Gasteiger partial charge in [0.1, 0.15) is 6.29 Å². The number of aldehydes is 1. The lowest BCUT2D eigenvalue weighted by Crippen LogP contribution is -2.11. The van der Waals surface area contributed by atoms with Crippen molar-refractivity contribution in [3.63, 3.8) is 0 Å². The molecule has 0 aliphatic carbocycles. The highest BCUT2D eigenvalue weighted by atomic mass is 16.6. The predicted octanol–water partition coefficient (Wildman–Crippen LogP) is 2.77. The number of methoxy groups -OCH3 is 1. The maximum Gasteiger partial charge on any atom is 0.345 e. The molecule has 5 heteroatoms. The van der Waals surface area contributed by atoms with Crippen molar-refractivity contribution in [1.82, 2.24) is 0 Å². The van der Waals surface area contributed by atoms with Crippen molar-refractivity contribution in [2.24, 2.45) is 0 Å². The zero-order valence-electron chi connectivity index (χ0n) is 11.8. The number of hydrogen-bond acceptors (Lipinski definition) is 5.